The van der Waals surface area contributed by atoms with Gasteiger partial charge in [0.05, 0.1) is 11.5 Å². The summed E-state index contributed by atoms with van der Waals surface area (Å²) in [4.78, 5) is 2.62. The van der Waals surface area contributed by atoms with E-state index in [0.717, 1.165) is 13.1 Å². The van der Waals surface area contributed by atoms with Gasteiger partial charge < -0.3 is 9.64 Å². The number of rotatable bonds is 4. The smallest absolute Gasteiger partial charge is 0.243 e. The Morgan fingerprint density at radius 1 is 1.19 bits per heavy atom. The molecular weight excluding hydrogens is 288 g/mol. The Labute approximate surface area is 126 Å². The lowest BCUT2D eigenvalue weighted by Crippen LogP contribution is -2.32. The van der Waals surface area contributed by atoms with Crippen LogP contribution in [-0.2, 0) is 10.0 Å². The highest BCUT2D eigenvalue weighted by molar-refractivity contribution is 7.89. The second-order valence-electron chi connectivity index (χ2n) is 5.97. The molecule has 0 unspecified atom stereocenters. The Morgan fingerprint density at radius 2 is 1.86 bits per heavy atom. The highest BCUT2D eigenvalue weighted by Crippen LogP contribution is 2.34. The number of sulfonamides is 1. The Kier molecular flexibility index (Phi) is 3.94. The van der Waals surface area contributed by atoms with Crippen LogP contribution in [0.3, 0.4) is 0 Å². The number of hydrogen-bond acceptors (Lipinski definition) is 4. The van der Waals surface area contributed by atoms with Crippen molar-refractivity contribution >= 4 is 10.0 Å². The van der Waals surface area contributed by atoms with Gasteiger partial charge in [0.25, 0.3) is 0 Å². The Bertz CT molecular complexity index is 603. The maximum Gasteiger partial charge on any atom is 0.243 e. The summed E-state index contributed by atoms with van der Waals surface area (Å²) in [5.74, 6) is 1.55. The van der Waals surface area contributed by atoms with Gasteiger partial charge in [0.1, 0.15) is 5.75 Å². The van der Waals surface area contributed by atoms with Gasteiger partial charge >= 0.3 is 0 Å². The van der Waals surface area contributed by atoms with Gasteiger partial charge in [-0.3, -0.25) is 0 Å². The van der Waals surface area contributed by atoms with Crippen LogP contribution in [0, 0.1) is 11.8 Å². The molecular formula is C15H22N2O3S. The number of benzene rings is 1. The number of ether oxygens (including phenoxy) is 1. The largest absolute Gasteiger partial charge is 0.494 e. The molecule has 0 N–H and O–H groups in total. The van der Waals surface area contributed by atoms with E-state index in [9.17, 15) is 8.42 Å². The Hall–Kier alpha value is -1.11. The summed E-state index contributed by atoms with van der Waals surface area (Å²) in [7, 11) is -1.30. The van der Waals surface area contributed by atoms with Crippen molar-refractivity contribution in [3.8, 4) is 5.75 Å². The van der Waals surface area contributed by atoms with E-state index in [4.69, 9.17) is 4.74 Å². The Balaban J connectivity index is 1.80. The van der Waals surface area contributed by atoms with Crippen LogP contribution in [0.25, 0.3) is 0 Å². The van der Waals surface area contributed by atoms with Gasteiger partial charge in [0, 0.05) is 32.2 Å². The maximum absolute atomic E-state index is 12.8. The fourth-order valence-electron chi connectivity index (χ4n) is 3.42. The summed E-state index contributed by atoms with van der Waals surface area (Å²) >= 11 is 0. The van der Waals surface area contributed by atoms with Crippen LogP contribution in [0.2, 0.25) is 0 Å². The van der Waals surface area contributed by atoms with Crippen molar-refractivity contribution in [1.82, 2.24) is 9.21 Å². The highest BCUT2D eigenvalue weighted by Gasteiger charge is 2.43. The quantitative estimate of drug-likeness (QED) is 0.840. The summed E-state index contributed by atoms with van der Waals surface area (Å²) in [6, 6.07) is 6.80. The first kappa shape index (κ1) is 14.8. The van der Waals surface area contributed by atoms with E-state index in [1.807, 2.05) is 6.92 Å². The van der Waals surface area contributed by atoms with Crippen molar-refractivity contribution < 1.29 is 13.2 Å². The molecule has 2 aliphatic rings. The van der Waals surface area contributed by atoms with Gasteiger partial charge in [-0.15, -0.1) is 0 Å². The molecule has 2 fully saturated rings. The molecule has 0 aromatic heterocycles. The van der Waals surface area contributed by atoms with Crippen molar-refractivity contribution in [2.45, 2.75) is 11.8 Å². The molecule has 2 atom stereocenters. The molecule has 2 aliphatic heterocycles. The van der Waals surface area contributed by atoms with E-state index < -0.39 is 10.0 Å². The van der Waals surface area contributed by atoms with Crippen molar-refractivity contribution in [3.05, 3.63) is 24.3 Å². The minimum Gasteiger partial charge on any atom is -0.494 e. The number of likely N-dealkylation sites (tertiary alicyclic amines) is 1. The predicted molar refractivity (Wildman–Crippen MR) is 80.8 cm³/mol. The lowest BCUT2D eigenvalue weighted by atomic mass is 10.0. The third kappa shape index (κ3) is 2.80. The van der Waals surface area contributed by atoms with Crippen molar-refractivity contribution in [3.63, 3.8) is 0 Å². The van der Waals surface area contributed by atoms with E-state index in [0.29, 0.717) is 42.2 Å². The molecule has 2 heterocycles. The van der Waals surface area contributed by atoms with E-state index in [1.165, 1.54) is 0 Å². The molecule has 1 aromatic rings. The van der Waals surface area contributed by atoms with Gasteiger partial charge in [-0.2, -0.15) is 4.31 Å². The molecule has 21 heavy (non-hydrogen) atoms. The van der Waals surface area contributed by atoms with Crippen LogP contribution in [0.15, 0.2) is 29.2 Å². The van der Waals surface area contributed by atoms with Crippen LogP contribution in [0.5, 0.6) is 5.75 Å². The van der Waals surface area contributed by atoms with Crippen molar-refractivity contribution in [2.75, 3.05) is 39.8 Å². The second-order valence-corrected chi connectivity index (χ2v) is 7.91. The summed E-state index contributed by atoms with van der Waals surface area (Å²) in [6.45, 7) is 5.68. The first-order chi connectivity index (χ1) is 10.0. The molecule has 6 heteroatoms. The van der Waals surface area contributed by atoms with Gasteiger partial charge in [-0.25, -0.2) is 8.42 Å². The zero-order chi connectivity index (χ0) is 15.0. The zero-order valence-electron chi connectivity index (χ0n) is 12.5. The molecule has 5 nitrogen and oxygen atoms in total. The first-order valence-electron chi connectivity index (χ1n) is 7.42. The summed E-state index contributed by atoms with van der Waals surface area (Å²) < 4.78 is 32.6. The molecule has 0 aliphatic carbocycles. The zero-order valence-corrected chi connectivity index (χ0v) is 13.3. The van der Waals surface area contributed by atoms with E-state index >= 15 is 0 Å². The van der Waals surface area contributed by atoms with E-state index in [-0.39, 0.29) is 0 Å². The first-order valence-corrected chi connectivity index (χ1v) is 8.86. The van der Waals surface area contributed by atoms with Gasteiger partial charge in [-0.05, 0) is 37.9 Å². The topological polar surface area (TPSA) is 49.9 Å². The minimum atomic E-state index is -3.40. The normalized spacial score (nSPS) is 27.0. The fourth-order valence-corrected chi connectivity index (χ4v) is 5.01. The SMILES string of the molecule is CCOc1cccc(S(=O)(=O)N2C[C@H]3CN(C)C[C@H]3C2)c1. The van der Waals surface area contributed by atoms with E-state index in [2.05, 4.69) is 11.9 Å². The van der Waals surface area contributed by atoms with Crippen LogP contribution >= 0.6 is 0 Å². The predicted octanol–water partition coefficient (Wildman–Crippen LogP) is 1.27. The molecule has 1 aromatic carbocycles. The monoisotopic (exact) mass is 310 g/mol. The van der Waals surface area contributed by atoms with Crippen LogP contribution in [-0.4, -0.2) is 57.5 Å². The number of nitrogens with zero attached hydrogens (tertiary/aromatic N) is 2. The maximum atomic E-state index is 12.8. The molecule has 0 amide bonds. The standard InChI is InChI=1S/C15H22N2O3S/c1-3-20-14-5-4-6-15(7-14)21(18,19)17-10-12-8-16(2)9-13(12)11-17/h4-7,12-13H,3,8-11H2,1-2H3/t12-,13+. The Morgan fingerprint density at radius 3 is 2.48 bits per heavy atom. The molecule has 0 bridgehead atoms. The number of hydrogen-bond donors (Lipinski definition) is 0. The molecule has 116 valence electrons. The summed E-state index contributed by atoms with van der Waals surface area (Å²) in [5.41, 5.74) is 0. The summed E-state index contributed by atoms with van der Waals surface area (Å²) in [5, 5.41) is 0. The van der Waals surface area contributed by atoms with Gasteiger partial charge in [0.15, 0.2) is 0 Å². The van der Waals surface area contributed by atoms with E-state index in [1.54, 1.807) is 28.6 Å². The average molecular weight is 310 g/mol. The van der Waals surface area contributed by atoms with Crippen molar-refractivity contribution in [2.24, 2.45) is 11.8 Å². The summed E-state index contributed by atoms with van der Waals surface area (Å²) in [6.07, 6.45) is 0. The molecule has 0 radical (unpaired) electrons. The molecule has 3 rings (SSSR count). The molecule has 0 saturated carbocycles. The number of fused-ring (bicyclic) bond motifs is 1. The van der Waals surface area contributed by atoms with Gasteiger partial charge in [-0.1, -0.05) is 6.07 Å². The highest BCUT2D eigenvalue weighted by atomic mass is 32.2. The van der Waals surface area contributed by atoms with Crippen LogP contribution < -0.4 is 4.74 Å². The minimum absolute atomic E-state index is 0.335. The molecule has 2 saturated heterocycles. The third-order valence-electron chi connectivity index (χ3n) is 4.39. The van der Waals surface area contributed by atoms with Crippen LogP contribution in [0.1, 0.15) is 6.92 Å². The van der Waals surface area contributed by atoms with Gasteiger partial charge in [0.2, 0.25) is 10.0 Å². The lowest BCUT2D eigenvalue weighted by Gasteiger charge is -2.19. The van der Waals surface area contributed by atoms with Crippen LogP contribution in [0.4, 0.5) is 0 Å². The lowest BCUT2D eigenvalue weighted by molar-refractivity contribution is 0.338. The second kappa shape index (κ2) is 5.59. The molecule has 0 spiro atoms. The third-order valence-corrected chi connectivity index (χ3v) is 6.22. The average Bonchev–Trinajstić information content (AvgIpc) is 2.97. The fraction of sp³-hybridized carbons (Fsp3) is 0.600. The van der Waals surface area contributed by atoms with Crippen molar-refractivity contribution in [1.29, 1.82) is 0 Å².